The van der Waals surface area contributed by atoms with Crippen molar-refractivity contribution >= 4 is 12.0 Å². The van der Waals surface area contributed by atoms with Crippen LogP contribution in [-0.2, 0) is 14.3 Å². The number of amides is 2. The summed E-state index contributed by atoms with van der Waals surface area (Å²) in [5, 5.41) is 2.93. The first-order valence-electron chi connectivity index (χ1n) is 10.3. The van der Waals surface area contributed by atoms with Gasteiger partial charge in [0.2, 0.25) is 5.91 Å². The van der Waals surface area contributed by atoms with Crippen molar-refractivity contribution in [1.82, 2.24) is 10.2 Å². The summed E-state index contributed by atoms with van der Waals surface area (Å²) in [5.41, 5.74) is -0.810. The molecule has 0 aromatic heterocycles. The van der Waals surface area contributed by atoms with Crippen LogP contribution in [0.5, 0.6) is 0 Å². The molecule has 0 aliphatic carbocycles. The molecule has 162 valence electrons. The molecule has 0 bridgehead atoms. The van der Waals surface area contributed by atoms with E-state index in [0.29, 0.717) is 24.0 Å². The summed E-state index contributed by atoms with van der Waals surface area (Å²) in [6, 6.07) is -0.197. The molecule has 0 saturated carbocycles. The van der Waals surface area contributed by atoms with Gasteiger partial charge in [-0.25, -0.2) is 4.79 Å². The van der Waals surface area contributed by atoms with Crippen LogP contribution in [0.2, 0.25) is 0 Å². The van der Waals surface area contributed by atoms with Gasteiger partial charge in [0.25, 0.3) is 0 Å². The maximum Gasteiger partial charge on any atom is 0.412 e. The Labute approximate surface area is 171 Å². The lowest BCUT2D eigenvalue weighted by molar-refractivity contribution is -0.117. The summed E-state index contributed by atoms with van der Waals surface area (Å²) < 4.78 is 11.9. The van der Waals surface area contributed by atoms with Gasteiger partial charge in [-0.15, -0.1) is 0 Å². The van der Waals surface area contributed by atoms with Crippen LogP contribution in [0.25, 0.3) is 0 Å². The fourth-order valence-electron chi connectivity index (χ4n) is 3.31. The highest BCUT2D eigenvalue weighted by Gasteiger charge is 2.50. The zero-order valence-corrected chi connectivity index (χ0v) is 19.4. The first-order chi connectivity index (χ1) is 12.6. The minimum atomic E-state index is -0.822. The van der Waals surface area contributed by atoms with Crippen molar-refractivity contribution in [2.45, 2.75) is 99.1 Å². The lowest BCUT2D eigenvalue weighted by Gasteiger charge is -2.35. The second-order valence-corrected chi connectivity index (χ2v) is 10.0. The molecule has 6 heteroatoms. The van der Waals surface area contributed by atoms with Crippen LogP contribution in [0.1, 0.15) is 75.7 Å². The molecule has 0 unspecified atom stereocenters. The molecule has 1 heterocycles. The first-order valence-corrected chi connectivity index (χ1v) is 10.3. The Bertz CT molecular complexity index is 588. The van der Waals surface area contributed by atoms with Crippen LogP contribution in [0, 0.1) is 11.8 Å². The van der Waals surface area contributed by atoms with E-state index in [2.05, 4.69) is 33.0 Å². The number of hydrogen-bond donors (Lipinski definition) is 1. The van der Waals surface area contributed by atoms with Gasteiger partial charge in [0.05, 0.1) is 12.1 Å². The minimum Gasteiger partial charge on any atom is -0.444 e. The van der Waals surface area contributed by atoms with E-state index < -0.39 is 11.3 Å². The molecule has 2 atom stereocenters. The number of carbonyl (C=O) groups excluding carboxylic acids is 2. The molecule has 1 fully saturated rings. The van der Waals surface area contributed by atoms with E-state index in [4.69, 9.17) is 9.47 Å². The summed E-state index contributed by atoms with van der Waals surface area (Å²) in [4.78, 5) is 27.0. The SMILES string of the molecule is CC(=C[C@@H]1OC(C)(C)N(C(=O)OC(C)(C)C)[C@H]1CC(C)C)C(=O)NCC(C)C. The number of rotatable bonds is 6. The molecule has 28 heavy (non-hydrogen) atoms. The quantitative estimate of drug-likeness (QED) is 0.672. The lowest BCUT2D eigenvalue weighted by atomic mass is 9.97. The average Bonchev–Trinajstić information content (AvgIpc) is 2.72. The normalized spacial score (nSPS) is 22.7. The highest BCUT2D eigenvalue weighted by molar-refractivity contribution is 5.92. The Morgan fingerprint density at radius 3 is 2.21 bits per heavy atom. The standard InChI is InChI=1S/C22H40N2O4/c1-14(2)11-17-18(12-16(5)19(25)23-13-15(3)4)27-22(9,10)24(17)20(26)28-21(6,7)8/h12,14-15,17-18H,11,13H2,1-10H3,(H,23,25)/t17-,18-/m0/s1. The molecule has 1 saturated heterocycles. The van der Waals surface area contributed by atoms with Crippen LogP contribution in [0.15, 0.2) is 11.6 Å². The van der Waals surface area contributed by atoms with E-state index in [0.717, 1.165) is 6.42 Å². The number of carbonyl (C=O) groups is 2. The van der Waals surface area contributed by atoms with Gasteiger partial charge in [0.15, 0.2) is 0 Å². The predicted octanol–water partition coefficient (Wildman–Crippen LogP) is 4.49. The second kappa shape index (κ2) is 9.29. The summed E-state index contributed by atoms with van der Waals surface area (Å²) >= 11 is 0. The molecule has 1 N–H and O–H groups in total. The van der Waals surface area contributed by atoms with Gasteiger partial charge in [-0.1, -0.05) is 27.7 Å². The van der Waals surface area contributed by atoms with Gasteiger partial charge in [-0.3, -0.25) is 9.69 Å². The fourth-order valence-corrected chi connectivity index (χ4v) is 3.31. The molecule has 1 rings (SSSR count). The van der Waals surface area contributed by atoms with E-state index in [-0.39, 0.29) is 24.1 Å². The predicted molar refractivity (Wildman–Crippen MR) is 112 cm³/mol. The third kappa shape index (κ3) is 7.12. The van der Waals surface area contributed by atoms with Crippen molar-refractivity contribution in [3.8, 4) is 0 Å². The summed E-state index contributed by atoms with van der Waals surface area (Å²) in [6.45, 7) is 20.0. The highest BCUT2D eigenvalue weighted by Crippen LogP contribution is 2.37. The summed E-state index contributed by atoms with van der Waals surface area (Å²) in [6.07, 6.45) is 1.84. The van der Waals surface area contributed by atoms with Crippen molar-refractivity contribution in [3.63, 3.8) is 0 Å². The van der Waals surface area contributed by atoms with E-state index in [1.165, 1.54) is 0 Å². The third-order valence-electron chi connectivity index (χ3n) is 4.46. The van der Waals surface area contributed by atoms with Gasteiger partial charge in [-0.2, -0.15) is 0 Å². The van der Waals surface area contributed by atoms with Gasteiger partial charge >= 0.3 is 6.09 Å². The Kier molecular flexibility index (Phi) is 8.12. The maximum atomic E-state index is 12.9. The molecule has 0 spiro atoms. The van der Waals surface area contributed by atoms with Crippen LogP contribution in [-0.4, -0.2) is 46.9 Å². The molecule has 0 aromatic rings. The van der Waals surface area contributed by atoms with E-state index in [1.807, 2.05) is 40.7 Å². The number of ether oxygens (including phenoxy) is 2. The Balaban J connectivity index is 3.12. The van der Waals surface area contributed by atoms with Crippen molar-refractivity contribution in [2.75, 3.05) is 6.54 Å². The third-order valence-corrected chi connectivity index (χ3v) is 4.46. The number of nitrogens with zero attached hydrogens (tertiary/aromatic N) is 1. The van der Waals surface area contributed by atoms with Crippen molar-refractivity contribution in [2.24, 2.45) is 11.8 Å². The summed E-state index contributed by atoms with van der Waals surface area (Å²) in [7, 11) is 0. The van der Waals surface area contributed by atoms with Crippen LogP contribution in [0.4, 0.5) is 4.79 Å². The molecular weight excluding hydrogens is 356 g/mol. The Hall–Kier alpha value is -1.56. The fraction of sp³-hybridized carbons (Fsp3) is 0.818. The van der Waals surface area contributed by atoms with E-state index in [9.17, 15) is 9.59 Å². The molecule has 0 aromatic carbocycles. The van der Waals surface area contributed by atoms with Gasteiger partial charge < -0.3 is 14.8 Å². The number of hydrogen-bond acceptors (Lipinski definition) is 4. The van der Waals surface area contributed by atoms with Crippen molar-refractivity contribution < 1.29 is 19.1 Å². The van der Waals surface area contributed by atoms with Crippen molar-refractivity contribution in [1.29, 1.82) is 0 Å². The molecular formula is C22H40N2O4. The number of nitrogens with one attached hydrogen (secondary N) is 1. The van der Waals surface area contributed by atoms with E-state index in [1.54, 1.807) is 11.8 Å². The Morgan fingerprint density at radius 2 is 1.75 bits per heavy atom. The maximum absolute atomic E-state index is 12.9. The second-order valence-electron chi connectivity index (χ2n) is 10.0. The van der Waals surface area contributed by atoms with Crippen molar-refractivity contribution in [3.05, 3.63) is 11.6 Å². The molecule has 1 aliphatic rings. The monoisotopic (exact) mass is 396 g/mol. The minimum absolute atomic E-state index is 0.103. The molecule has 0 radical (unpaired) electrons. The zero-order chi connectivity index (χ0) is 21.9. The largest absolute Gasteiger partial charge is 0.444 e. The van der Waals surface area contributed by atoms with Gasteiger partial charge in [0.1, 0.15) is 11.3 Å². The lowest BCUT2D eigenvalue weighted by Crippen LogP contribution is -2.50. The molecule has 2 amide bonds. The molecule has 6 nitrogen and oxygen atoms in total. The van der Waals surface area contributed by atoms with Crippen LogP contribution < -0.4 is 5.32 Å². The highest BCUT2D eigenvalue weighted by atomic mass is 16.6. The smallest absolute Gasteiger partial charge is 0.412 e. The van der Waals surface area contributed by atoms with Crippen LogP contribution >= 0.6 is 0 Å². The van der Waals surface area contributed by atoms with E-state index >= 15 is 0 Å². The zero-order valence-electron chi connectivity index (χ0n) is 19.4. The first kappa shape index (κ1) is 24.5. The van der Waals surface area contributed by atoms with Gasteiger partial charge in [0, 0.05) is 12.1 Å². The van der Waals surface area contributed by atoms with Gasteiger partial charge in [-0.05, 0) is 65.9 Å². The summed E-state index contributed by atoms with van der Waals surface area (Å²) in [5.74, 6) is 0.641. The average molecular weight is 397 g/mol. The molecule has 1 aliphatic heterocycles. The topological polar surface area (TPSA) is 67.9 Å². The van der Waals surface area contributed by atoms with Crippen LogP contribution in [0.3, 0.4) is 0 Å². The Morgan fingerprint density at radius 1 is 1.18 bits per heavy atom.